The predicted octanol–water partition coefficient (Wildman–Crippen LogP) is 3.31. The molecule has 0 spiro atoms. The second-order valence-electron chi connectivity index (χ2n) is 8.55. The molecule has 0 radical (unpaired) electrons. The molecule has 2 aromatic carbocycles. The summed E-state index contributed by atoms with van der Waals surface area (Å²) >= 11 is 0. The highest BCUT2D eigenvalue weighted by Gasteiger charge is 2.29. The summed E-state index contributed by atoms with van der Waals surface area (Å²) in [6.45, 7) is 0.0335. The number of methoxy groups -OCH3 is 1. The van der Waals surface area contributed by atoms with Crippen LogP contribution in [-0.4, -0.2) is 37.3 Å². The van der Waals surface area contributed by atoms with Crippen LogP contribution in [0.4, 0.5) is 5.69 Å². The van der Waals surface area contributed by atoms with E-state index in [1.54, 1.807) is 23.8 Å². The third-order valence-corrected chi connectivity index (χ3v) is 6.15. The number of para-hydroxylation sites is 3. The van der Waals surface area contributed by atoms with Crippen molar-refractivity contribution in [2.24, 2.45) is 0 Å². The van der Waals surface area contributed by atoms with Gasteiger partial charge in [-0.1, -0.05) is 35.5 Å². The fourth-order valence-electron chi connectivity index (χ4n) is 4.29. The molecule has 0 aliphatic heterocycles. The number of hydrogen-bond acceptors (Lipinski definition) is 7. The van der Waals surface area contributed by atoms with Crippen molar-refractivity contribution in [2.75, 3.05) is 12.4 Å². The van der Waals surface area contributed by atoms with E-state index in [1.165, 1.54) is 10.9 Å². The van der Waals surface area contributed by atoms with Crippen LogP contribution in [0.5, 0.6) is 5.75 Å². The molecule has 1 aliphatic carbocycles. The standard InChI is InChI=1S/C25H22N6O4/c1-34-19-9-5-3-7-17(19)27-20(32)12-31-18-8-4-2-6-16(18)22-23(31)25(33)30(14-26-22)13-21-28-24(29-35-21)15-10-11-15/h2-9,14-15H,10-13H2,1H3,(H,27,32). The number of amides is 1. The van der Waals surface area contributed by atoms with Crippen molar-refractivity contribution in [3.63, 3.8) is 0 Å². The van der Waals surface area contributed by atoms with Gasteiger partial charge in [0.15, 0.2) is 5.82 Å². The topological polar surface area (TPSA) is 117 Å². The number of fused-ring (bicyclic) bond motifs is 3. The van der Waals surface area contributed by atoms with Gasteiger partial charge in [-0.25, -0.2) is 4.98 Å². The van der Waals surface area contributed by atoms with Crippen molar-refractivity contribution >= 4 is 33.5 Å². The molecule has 0 atom stereocenters. The molecule has 6 rings (SSSR count). The molecule has 1 fully saturated rings. The zero-order valence-corrected chi connectivity index (χ0v) is 19.0. The average molecular weight is 470 g/mol. The number of nitrogens with zero attached hydrogens (tertiary/aromatic N) is 5. The lowest BCUT2D eigenvalue weighted by atomic mass is 10.2. The van der Waals surface area contributed by atoms with Crippen LogP contribution < -0.4 is 15.6 Å². The van der Waals surface area contributed by atoms with Gasteiger partial charge in [0, 0.05) is 11.3 Å². The molecule has 0 saturated heterocycles. The number of carbonyl (C=O) groups excluding carboxylic acids is 1. The van der Waals surface area contributed by atoms with Crippen molar-refractivity contribution in [3.05, 3.63) is 76.9 Å². The van der Waals surface area contributed by atoms with E-state index >= 15 is 0 Å². The molecule has 5 aromatic rings. The molecule has 1 saturated carbocycles. The summed E-state index contributed by atoms with van der Waals surface area (Å²) in [4.78, 5) is 35.6. The van der Waals surface area contributed by atoms with Gasteiger partial charge in [0.2, 0.25) is 11.8 Å². The van der Waals surface area contributed by atoms with E-state index in [2.05, 4.69) is 20.4 Å². The van der Waals surface area contributed by atoms with Crippen LogP contribution >= 0.6 is 0 Å². The first-order valence-corrected chi connectivity index (χ1v) is 11.3. The van der Waals surface area contributed by atoms with Gasteiger partial charge in [0.25, 0.3) is 5.56 Å². The van der Waals surface area contributed by atoms with Crippen LogP contribution in [0.2, 0.25) is 0 Å². The van der Waals surface area contributed by atoms with Gasteiger partial charge in [-0.3, -0.25) is 14.2 Å². The van der Waals surface area contributed by atoms with Gasteiger partial charge < -0.3 is 19.1 Å². The first kappa shape index (κ1) is 21.1. The maximum Gasteiger partial charge on any atom is 0.278 e. The van der Waals surface area contributed by atoms with Crippen LogP contribution in [0.1, 0.15) is 30.5 Å². The number of benzene rings is 2. The first-order valence-electron chi connectivity index (χ1n) is 11.3. The lowest BCUT2D eigenvalue weighted by Crippen LogP contribution is -2.25. The highest BCUT2D eigenvalue weighted by atomic mass is 16.5. The van der Waals surface area contributed by atoms with Gasteiger partial charge in [-0.05, 0) is 31.0 Å². The largest absolute Gasteiger partial charge is 0.495 e. The van der Waals surface area contributed by atoms with Crippen molar-refractivity contribution in [3.8, 4) is 5.75 Å². The fourth-order valence-corrected chi connectivity index (χ4v) is 4.29. The Bertz CT molecular complexity index is 1630. The second-order valence-corrected chi connectivity index (χ2v) is 8.55. The molecule has 176 valence electrons. The summed E-state index contributed by atoms with van der Waals surface area (Å²) in [5.74, 6) is 1.65. The molecule has 1 N–H and O–H groups in total. The minimum absolute atomic E-state index is 0.0740. The first-order chi connectivity index (χ1) is 17.1. The molecular weight excluding hydrogens is 448 g/mol. The molecule has 1 aliphatic rings. The van der Waals surface area contributed by atoms with E-state index in [9.17, 15) is 9.59 Å². The van der Waals surface area contributed by atoms with Crippen LogP contribution in [-0.2, 0) is 17.9 Å². The van der Waals surface area contributed by atoms with E-state index in [1.807, 2.05) is 36.4 Å². The number of ether oxygens (including phenoxy) is 1. The highest BCUT2D eigenvalue weighted by Crippen LogP contribution is 2.38. The molecule has 0 unspecified atom stereocenters. The van der Waals surface area contributed by atoms with Crippen molar-refractivity contribution in [2.45, 2.75) is 31.8 Å². The summed E-state index contributed by atoms with van der Waals surface area (Å²) in [6.07, 6.45) is 3.60. The Labute approximate surface area is 199 Å². The molecular formula is C25H22N6O4. The van der Waals surface area contributed by atoms with Crippen LogP contribution in [0.15, 0.2) is 64.2 Å². The molecule has 10 nitrogen and oxygen atoms in total. The van der Waals surface area contributed by atoms with Crippen molar-refractivity contribution < 1.29 is 14.1 Å². The molecule has 3 heterocycles. The van der Waals surface area contributed by atoms with E-state index in [4.69, 9.17) is 9.26 Å². The second kappa shape index (κ2) is 8.39. The molecule has 35 heavy (non-hydrogen) atoms. The Morgan fingerprint density at radius 3 is 2.80 bits per heavy atom. The van der Waals surface area contributed by atoms with Crippen LogP contribution in [0.3, 0.4) is 0 Å². The monoisotopic (exact) mass is 470 g/mol. The maximum absolute atomic E-state index is 13.6. The Kier molecular flexibility index (Phi) is 5.05. The zero-order chi connectivity index (χ0) is 23.9. The lowest BCUT2D eigenvalue weighted by molar-refractivity contribution is -0.116. The molecule has 10 heteroatoms. The average Bonchev–Trinajstić information content (AvgIpc) is 3.54. The highest BCUT2D eigenvalue weighted by molar-refractivity contribution is 6.06. The zero-order valence-electron chi connectivity index (χ0n) is 19.0. The SMILES string of the molecule is COc1ccccc1NC(=O)Cn1c2ccccc2c2ncn(Cc3nc(C4CC4)no3)c(=O)c21. The van der Waals surface area contributed by atoms with Gasteiger partial charge in [0.05, 0.1) is 24.6 Å². The quantitative estimate of drug-likeness (QED) is 0.388. The summed E-state index contributed by atoms with van der Waals surface area (Å²) in [7, 11) is 1.54. The normalized spacial score (nSPS) is 13.4. The van der Waals surface area contributed by atoms with Crippen LogP contribution in [0.25, 0.3) is 21.9 Å². The Morgan fingerprint density at radius 1 is 1.17 bits per heavy atom. The Balaban J connectivity index is 1.39. The molecule has 0 bridgehead atoms. The Morgan fingerprint density at radius 2 is 1.97 bits per heavy atom. The maximum atomic E-state index is 13.6. The predicted molar refractivity (Wildman–Crippen MR) is 128 cm³/mol. The van der Waals surface area contributed by atoms with Crippen molar-refractivity contribution in [1.82, 2.24) is 24.3 Å². The van der Waals surface area contributed by atoms with E-state index in [0.29, 0.717) is 40.1 Å². The number of hydrogen-bond donors (Lipinski definition) is 1. The minimum Gasteiger partial charge on any atom is -0.495 e. The minimum atomic E-state index is -0.294. The van der Waals surface area contributed by atoms with Crippen molar-refractivity contribution in [1.29, 1.82) is 0 Å². The summed E-state index contributed by atoms with van der Waals surface area (Å²) < 4.78 is 13.8. The van der Waals surface area contributed by atoms with E-state index < -0.39 is 0 Å². The molecule has 3 aromatic heterocycles. The van der Waals surface area contributed by atoms with Gasteiger partial charge in [-0.2, -0.15) is 4.98 Å². The Hall–Kier alpha value is -4.47. The smallest absolute Gasteiger partial charge is 0.278 e. The summed E-state index contributed by atoms with van der Waals surface area (Å²) in [6, 6.07) is 14.7. The number of nitrogens with one attached hydrogen (secondary N) is 1. The number of rotatable bonds is 7. The number of aromatic nitrogens is 5. The third-order valence-electron chi connectivity index (χ3n) is 6.15. The summed E-state index contributed by atoms with van der Waals surface area (Å²) in [5, 5.41) is 7.69. The van der Waals surface area contributed by atoms with E-state index in [0.717, 1.165) is 23.7 Å². The lowest BCUT2D eigenvalue weighted by Gasteiger charge is -2.11. The van der Waals surface area contributed by atoms with Crippen LogP contribution in [0, 0.1) is 0 Å². The van der Waals surface area contributed by atoms with Gasteiger partial charge in [0.1, 0.15) is 29.9 Å². The number of anilines is 1. The number of carbonyl (C=O) groups is 1. The molecule has 1 amide bonds. The third kappa shape index (κ3) is 3.82. The summed E-state index contributed by atoms with van der Waals surface area (Å²) in [5.41, 5.74) is 1.89. The van der Waals surface area contributed by atoms with Gasteiger partial charge >= 0.3 is 0 Å². The fraction of sp³-hybridized carbons (Fsp3) is 0.240. The van der Waals surface area contributed by atoms with E-state index in [-0.39, 0.29) is 24.6 Å². The van der Waals surface area contributed by atoms with Gasteiger partial charge in [-0.15, -0.1) is 0 Å².